The summed E-state index contributed by atoms with van der Waals surface area (Å²) in [4.78, 5) is 0. The van der Waals surface area contributed by atoms with Crippen LogP contribution in [0.3, 0.4) is 0 Å². The van der Waals surface area contributed by atoms with Crippen LogP contribution in [0.2, 0.25) is 24.7 Å². The van der Waals surface area contributed by atoms with Crippen LogP contribution < -0.4 is 0 Å². The van der Waals surface area contributed by atoms with Gasteiger partial charge in [0.2, 0.25) is 0 Å². The SMILES string of the molecule is C[C@]1(C#N)CC2(O1)[C@@H]1CC3C[C@H]2CC([Si](C)(C)C)(C3)C1. The summed E-state index contributed by atoms with van der Waals surface area (Å²) in [5.41, 5.74) is -0.383. The summed E-state index contributed by atoms with van der Waals surface area (Å²) in [6.45, 7) is 9.72. The van der Waals surface area contributed by atoms with Crippen LogP contribution in [0.25, 0.3) is 0 Å². The molecule has 0 amide bonds. The maximum absolute atomic E-state index is 9.30. The molecule has 1 saturated heterocycles. The van der Waals surface area contributed by atoms with Gasteiger partial charge in [0.25, 0.3) is 0 Å². The minimum absolute atomic E-state index is 0.102. The Kier molecular flexibility index (Phi) is 2.35. The van der Waals surface area contributed by atoms with Gasteiger partial charge in [-0.3, -0.25) is 0 Å². The molecule has 0 aromatic heterocycles. The van der Waals surface area contributed by atoms with Crippen molar-refractivity contribution >= 4 is 8.07 Å². The lowest BCUT2D eigenvalue weighted by Gasteiger charge is -2.72. The molecular weight excluding hydrogens is 262 g/mol. The third-order valence-corrected chi connectivity index (χ3v) is 11.2. The normalized spacial score (nSPS) is 56.6. The molecule has 110 valence electrons. The van der Waals surface area contributed by atoms with Gasteiger partial charge in [0.15, 0.2) is 5.60 Å². The van der Waals surface area contributed by atoms with Crippen molar-refractivity contribution in [2.24, 2.45) is 17.8 Å². The van der Waals surface area contributed by atoms with Crippen LogP contribution in [-0.2, 0) is 4.74 Å². The summed E-state index contributed by atoms with van der Waals surface area (Å²) in [5, 5.41) is 9.97. The molecule has 0 aromatic rings. The minimum Gasteiger partial charge on any atom is -0.353 e. The Morgan fingerprint density at radius 2 is 1.65 bits per heavy atom. The first-order valence-electron chi connectivity index (χ1n) is 8.33. The second-order valence-electron chi connectivity index (χ2n) is 9.45. The van der Waals surface area contributed by atoms with Crippen LogP contribution in [0, 0.1) is 29.1 Å². The zero-order valence-corrected chi connectivity index (χ0v) is 14.3. The van der Waals surface area contributed by atoms with Crippen molar-refractivity contribution in [3.63, 3.8) is 0 Å². The summed E-state index contributed by atoms with van der Waals surface area (Å²) in [6, 6.07) is 2.39. The van der Waals surface area contributed by atoms with Crippen molar-refractivity contribution in [3.8, 4) is 6.07 Å². The van der Waals surface area contributed by atoms with Crippen molar-refractivity contribution in [3.05, 3.63) is 0 Å². The van der Waals surface area contributed by atoms with Crippen LogP contribution in [0.15, 0.2) is 0 Å². The molecule has 3 heteroatoms. The van der Waals surface area contributed by atoms with Crippen LogP contribution in [0.5, 0.6) is 0 Å². The van der Waals surface area contributed by atoms with Crippen molar-refractivity contribution in [1.82, 2.24) is 0 Å². The van der Waals surface area contributed by atoms with E-state index in [4.69, 9.17) is 4.74 Å². The fourth-order valence-corrected chi connectivity index (χ4v) is 9.05. The highest BCUT2D eigenvalue weighted by molar-refractivity contribution is 6.79. The van der Waals surface area contributed by atoms with E-state index in [2.05, 4.69) is 25.7 Å². The maximum atomic E-state index is 9.30. The fourth-order valence-electron chi connectivity index (χ4n) is 6.43. The van der Waals surface area contributed by atoms with E-state index in [9.17, 15) is 5.26 Å². The first kappa shape index (κ1) is 13.3. The number of rotatable bonds is 1. The standard InChI is InChI=1S/C17H27NOSi/c1-15(11-18)10-17(19-15)13-5-12-6-14(17)9-16(7-12,8-13)20(2,3)4/h12-14H,5-10H2,1-4H3/t12?,13-,14+,15-,16?,17?/m1/s1. The van der Waals surface area contributed by atoms with Gasteiger partial charge in [-0.25, -0.2) is 0 Å². The molecule has 1 heterocycles. The van der Waals surface area contributed by atoms with E-state index in [1.54, 1.807) is 0 Å². The van der Waals surface area contributed by atoms with Crippen molar-refractivity contribution in [1.29, 1.82) is 5.26 Å². The Morgan fingerprint density at radius 1 is 1.10 bits per heavy atom. The van der Waals surface area contributed by atoms with E-state index in [1.165, 1.54) is 32.1 Å². The topological polar surface area (TPSA) is 33.0 Å². The van der Waals surface area contributed by atoms with Gasteiger partial charge in [-0.1, -0.05) is 19.6 Å². The number of nitrogens with zero attached hydrogens (tertiary/aromatic N) is 1. The average Bonchev–Trinajstić information content (AvgIpc) is 2.30. The van der Waals surface area contributed by atoms with Crippen molar-refractivity contribution < 1.29 is 4.74 Å². The summed E-state index contributed by atoms with van der Waals surface area (Å²) in [5.74, 6) is 2.46. The molecule has 0 aromatic carbocycles. The zero-order chi connectivity index (χ0) is 14.4. The summed E-state index contributed by atoms with van der Waals surface area (Å²) < 4.78 is 6.35. The predicted molar refractivity (Wildman–Crippen MR) is 82.0 cm³/mol. The Labute approximate surface area is 123 Å². The van der Waals surface area contributed by atoms with Gasteiger partial charge in [0, 0.05) is 6.42 Å². The average molecular weight is 289 g/mol. The van der Waals surface area contributed by atoms with E-state index in [1.807, 2.05) is 6.92 Å². The molecule has 0 N–H and O–H groups in total. The summed E-state index contributed by atoms with van der Waals surface area (Å²) >= 11 is 0. The molecule has 6 atom stereocenters. The number of hydrogen-bond donors (Lipinski definition) is 0. The lowest BCUT2D eigenvalue weighted by atomic mass is 9.46. The van der Waals surface area contributed by atoms with Gasteiger partial charge in [0.05, 0.1) is 19.7 Å². The van der Waals surface area contributed by atoms with E-state index >= 15 is 0 Å². The first-order chi connectivity index (χ1) is 9.22. The van der Waals surface area contributed by atoms with Gasteiger partial charge in [-0.2, -0.15) is 5.26 Å². The molecule has 3 unspecified atom stereocenters. The Hall–Kier alpha value is -0.333. The monoisotopic (exact) mass is 289 g/mol. The fraction of sp³-hybridized carbons (Fsp3) is 0.941. The van der Waals surface area contributed by atoms with Crippen LogP contribution in [0.4, 0.5) is 0 Å². The minimum atomic E-state index is -1.12. The van der Waals surface area contributed by atoms with Crippen molar-refractivity contribution in [2.75, 3.05) is 0 Å². The van der Waals surface area contributed by atoms with E-state index < -0.39 is 13.7 Å². The molecule has 2 nitrogen and oxygen atoms in total. The molecule has 5 rings (SSSR count). The van der Waals surface area contributed by atoms with Crippen LogP contribution in [-0.4, -0.2) is 19.3 Å². The third kappa shape index (κ3) is 1.43. The quantitative estimate of drug-likeness (QED) is 0.672. The second kappa shape index (κ2) is 3.52. The Bertz CT molecular complexity index is 476. The second-order valence-corrected chi connectivity index (χ2v) is 15.0. The Morgan fingerprint density at radius 3 is 2.10 bits per heavy atom. The predicted octanol–water partition coefficient (Wildman–Crippen LogP) is 4.35. The summed E-state index contributed by atoms with van der Waals surface area (Å²) in [7, 11) is -1.12. The van der Waals surface area contributed by atoms with Gasteiger partial charge < -0.3 is 4.74 Å². The van der Waals surface area contributed by atoms with Gasteiger partial charge in [0.1, 0.15) is 0 Å². The number of hydrogen-bond acceptors (Lipinski definition) is 2. The van der Waals surface area contributed by atoms with E-state index in [0.717, 1.165) is 24.2 Å². The largest absolute Gasteiger partial charge is 0.353 e. The highest BCUT2D eigenvalue weighted by atomic mass is 28.3. The molecule has 5 fully saturated rings. The van der Waals surface area contributed by atoms with Crippen molar-refractivity contribution in [2.45, 2.75) is 81.3 Å². The molecule has 1 spiro atoms. The Balaban J connectivity index is 1.67. The third-order valence-electron chi connectivity index (χ3n) is 7.43. The molecule has 4 aliphatic carbocycles. The molecule has 1 aliphatic heterocycles. The van der Waals surface area contributed by atoms with Crippen LogP contribution >= 0.6 is 0 Å². The molecule has 5 aliphatic rings. The molecule has 0 radical (unpaired) electrons. The lowest BCUT2D eigenvalue weighted by molar-refractivity contribution is -0.324. The number of nitriles is 1. The van der Waals surface area contributed by atoms with Gasteiger partial charge in [-0.05, 0) is 61.8 Å². The van der Waals surface area contributed by atoms with E-state index in [-0.39, 0.29) is 5.60 Å². The maximum Gasteiger partial charge on any atom is 0.155 e. The number of ether oxygens (including phenoxy) is 1. The van der Waals surface area contributed by atoms with E-state index in [0.29, 0.717) is 5.04 Å². The molecule has 20 heavy (non-hydrogen) atoms. The van der Waals surface area contributed by atoms with Crippen LogP contribution in [0.1, 0.15) is 45.4 Å². The lowest BCUT2D eigenvalue weighted by Crippen LogP contribution is -2.72. The first-order valence-corrected chi connectivity index (χ1v) is 11.8. The van der Waals surface area contributed by atoms with Gasteiger partial charge in [-0.15, -0.1) is 0 Å². The molecular formula is C17H27NOSi. The smallest absolute Gasteiger partial charge is 0.155 e. The molecule has 4 saturated carbocycles. The molecule has 4 bridgehead atoms. The highest BCUT2D eigenvalue weighted by Crippen LogP contribution is 2.74. The van der Waals surface area contributed by atoms with Gasteiger partial charge >= 0.3 is 0 Å². The zero-order valence-electron chi connectivity index (χ0n) is 13.3. The summed E-state index contributed by atoms with van der Waals surface area (Å²) in [6.07, 6.45) is 8.06. The highest BCUT2D eigenvalue weighted by Gasteiger charge is 2.71.